The molecule has 1 heterocycles. The summed E-state index contributed by atoms with van der Waals surface area (Å²) in [7, 11) is 0. The van der Waals surface area contributed by atoms with Crippen molar-refractivity contribution in [1.29, 1.82) is 0 Å². The molecule has 3 N–H and O–H groups in total. The van der Waals surface area contributed by atoms with Crippen LogP contribution in [-0.4, -0.2) is 42.1 Å². The monoisotopic (exact) mass is 444 g/mol. The third kappa shape index (κ3) is 5.09. The number of ether oxygens (including phenoxy) is 1. The number of hydrogen-bond donors (Lipinski definition) is 3. The average Bonchev–Trinajstić information content (AvgIpc) is 3.23. The van der Waals surface area contributed by atoms with Crippen LogP contribution in [-0.2, 0) is 27.2 Å². The van der Waals surface area contributed by atoms with Gasteiger partial charge in [-0.15, -0.1) is 0 Å². The van der Waals surface area contributed by atoms with E-state index in [2.05, 4.69) is 10.6 Å². The minimum absolute atomic E-state index is 0.244. The maximum absolute atomic E-state index is 12.2. The predicted octanol–water partition coefficient (Wildman–Crippen LogP) is 1.70. The van der Waals surface area contributed by atoms with Gasteiger partial charge in [0.1, 0.15) is 17.4 Å². The highest BCUT2D eigenvalue weighted by Gasteiger charge is 2.25. The normalized spacial score (nSPS) is 14.5. The van der Waals surface area contributed by atoms with Crippen LogP contribution in [0.5, 0.6) is 5.75 Å². The van der Waals surface area contributed by atoms with Gasteiger partial charge in [-0.3, -0.25) is 9.59 Å². The average molecular weight is 444 g/mol. The number of hydrogen-bond acceptors (Lipinski definition) is 6. The molecule has 9 heteroatoms. The first kappa shape index (κ1) is 23.3. The Bertz CT molecular complexity index is 1110. The van der Waals surface area contributed by atoms with E-state index in [-0.39, 0.29) is 24.7 Å². The smallest absolute Gasteiger partial charge is 0.339 e. The minimum Gasteiger partial charge on any atom is -0.483 e. The molecule has 32 heavy (non-hydrogen) atoms. The highest BCUT2D eigenvalue weighted by Crippen LogP contribution is 2.35. The Morgan fingerprint density at radius 2 is 1.91 bits per heavy atom. The molecule has 172 valence electrons. The van der Waals surface area contributed by atoms with Crippen molar-refractivity contribution in [2.45, 2.75) is 52.5 Å². The van der Waals surface area contributed by atoms with E-state index in [1.165, 1.54) is 0 Å². The summed E-state index contributed by atoms with van der Waals surface area (Å²) in [4.78, 5) is 47.8. The lowest BCUT2D eigenvalue weighted by atomic mass is 9.99. The number of carboxylic acid groups (broad SMARTS) is 1. The van der Waals surface area contributed by atoms with Crippen molar-refractivity contribution in [2.75, 3.05) is 13.2 Å². The summed E-state index contributed by atoms with van der Waals surface area (Å²) in [5.41, 5.74) is 2.47. The zero-order chi connectivity index (χ0) is 23.4. The number of carboxylic acids is 1. The van der Waals surface area contributed by atoms with Gasteiger partial charge in [0, 0.05) is 5.56 Å². The van der Waals surface area contributed by atoms with Crippen LogP contribution in [0.2, 0.25) is 0 Å². The molecule has 1 aliphatic rings. The van der Waals surface area contributed by atoms with Crippen molar-refractivity contribution >= 4 is 28.8 Å². The van der Waals surface area contributed by atoms with E-state index in [4.69, 9.17) is 9.15 Å². The molecule has 2 amide bonds. The molecule has 0 bridgehead atoms. The highest BCUT2D eigenvalue weighted by molar-refractivity contribution is 5.90. The number of fused-ring (bicyclic) bond motifs is 3. The molecule has 0 fully saturated rings. The lowest BCUT2D eigenvalue weighted by Crippen LogP contribution is -2.48. The van der Waals surface area contributed by atoms with E-state index in [1.807, 2.05) is 13.8 Å². The predicted molar refractivity (Wildman–Crippen MR) is 117 cm³/mol. The quantitative estimate of drug-likeness (QED) is 0.501. The van der Waals surface area contributed by atoms with Crippen LogP contribution >= 0.6 is 0 Å². The fraction of sp³-hybridized carbons (Fsp3) is 0.478. The first-order valence-electron chi connectivity index (χ1n) is 10.7. The van der Waals surface area contributed by atoms with Gasteiger partial charge in [-0.05, 0) is 55.4 Å². The van der Waals surface area contributed by atoms with Gasteiger partial charge in [-0.2, -0.15) is 0 Å². The van der Waals surface area contributed by atoms with Crippen LogP contribution in [0.25, 0.3) is 11.0 Å². The van der Waals surface area contributed by atoms with Gasteiger partial charge < -0.3 is 24.9 Å². The molecule has 3 rings (SSSR count). The second-order valence-electron chi connectivity index (χ2n) is 8.17. The van der Waals surface area contributed by atoms with Crippen molar-refractivity contribution in [3.8, 4) is 5.75 Å². The topological polar surface area (TPSA) is 135 Å². The van der Waals surface area contributed by atoms with E-state index in [9.17, 15) is 24.3 Å². The number of nitrogens with one attached hydrogen (secondary N) is 2. The summed E-state index contributed by atoms with van der Waals surface area (Å²) >= 11 is 0. The SMILES string of the molecule is CC[C@H](C)[C@@H](NC(=O)CNC(=O)COc1cc(C)cc2oc(=O)c3c(c12)CCC3)C(=O)O. The van der Waals surface area contributed by atoms with Crippen molar-refractivity contribution in [3.05, 3.63) is 39.2 Å². The van der Waals surface area contributed by atoms with E-state index in [0.29, 0.717) is 35.1 Å². The van der Waals surface area contributed by atoms with Crippen molar-refractivity contribution in [2.24, 2.45) is 5.92 Å². The van der Waals surface area contributed by atoms with Crippen LogP contribution < -0.4 is 21.0 Å². The Morgan fingerprint density at radius 3 is 2.59 bits per heavy atom. The van der Waals surface area contributed by atoms with Gasteiger partial charge in [0.05, 0.1) is 11.9 Å². The maximum Gasteiger partial charge on any atom is 0.339 e. The Hall–Kier alpha value is -3.36. The standard InChI is InChI=1S/C23H28N2O7/c1-4-13(3)21(22(28)29)25-18(26)10-24-19(27)11-31-16-8-12(2)9-17-20(16)14-6-5-7-15(14)23(30)32-17/h8-9,13,21H,4-7,10-11H2,1-3H3,(H,24,27)(H,25,26)(H,28,29)/t13-,21+/m0/s1. The van der Waals surface area contributed by atoms with E-state index >= 15 is 0 Å². The fourth-order valence-electron chi connectivity index (χ4n) is 3.90. The van der Waals surface area contributed by atoms with E-state index in [0.717, 1.165) is 24.0 Å². The number of rotatable bonds is 9. The molecule has 1 aromatic carbocycles. The van der Waals surface area contributed by atoms with Crippen LogP contribution in [0.15, 0.2) is 21.3 Å². The van der Waals surface area contributed by atoms with Gasteiger partial charge in [0.15, 0.2) is 6.61 Å². The maximum atomic E-state index is 12.2. The van der Waals surface area contributed by atoms with Crippen molar-refractivity contribution in [1.82, 2.24) is 10.6 Å². The molecule has 0 aliphatic heterocycles. The van der Waals surface area contributed by atoms with Gasteiger partial charge in [-0.25, -0.2) is 9.59 Å². The second kappa shape index (κ2) is 9.84. The minimum atomic E-state index is -1.12. The summed E-state index contributed by atoms with van der Waals surface area (Å²) in [6.45, 7) is 4.70. The molecule has 1 aromatic heterocycles. The van der Waals surface area contributed by atoms with Crippen LogP contribution in [0, 0.1) is 12.8 Å². The molecule has 0 radical (unpaired) electrons. The molecular formula is C23H28N2O7. The first-order valence-corrected chi connectivity index (χ1v) is 10.7. The molecular weight excluding hydrogens is 416 g/mol. The first-order chi connectivity index (χ1) is 15.2. The molecule has 9 nitrogen and oxygen atoms in total. The van der Waals surface area contributed by atoms with Crippen molar-refractivity contribution in [3.63, 3.8) is 0 Å². The Morgan fingerprint density at radius 1 is 1.19 bits per heavy atom. The number of aliphatic carboxylic acids is 1. The number of carbonyl (C=O) groups excluding carboxylic acids is 2. The summed E-state index contributed by atoms with van der Waals surface area (Å²) in [5, 5.41) is 14.8. The third-order valence-corrected chi connectivity index (χ3v) is 5.78. The fourth-order valence-corrected chi connectivity index (χ4v) is 3.90. The van der Waals surface area contributed by atoms with E-state index in [1.54, 1.807) is 19.1 Å². The largest absolute Gasteiger partial charge is 0.483 e. The van der Waals surface area contributed by atoms with Gasteiger partial charge in [0.2, 0.25) is 5.91 Å². The molecule has 0 spiro atoms. The third-order valence-electron chi connectivity index (χ3n) is 5.78. The van der Waals surface area contributed by atoms with Crippen LogP contribution in [0.3, 0.4) is 0 Å². The summed E-state index contributed by atoms with van der Waals surface area (Å²) < 4.78 is 11.2. The summed E-state index contributed by atoms with van der Waals surface area (Å²) in [6.07, 6.45) is 2.84. The zero-order valence-corrected chi connectivity index (χ0v) is 18.4. The molecule has 1 aliphatic carbocycles. The van der Waals surface area contributed by atoms with Gasteiger partial charge >= 0.3 is 11.6 Å². The molecule has 0 saturated carbocycles. The molecule has 0 saturated heterocycles. The number of benzene rings is 1. The van der Waals surface area contributed by atoms with Crippen LogP contribution in [0.4, 0.5) is 0 Å². The number of carbonyl (C=O) groups is 3. The lowest BCUT2D eigenvalue weighted by molar-refractivity contribution is -0.143. The second-order valence-corrected chi connectivity index (χ2v) is 8.17. The van der Waals surface area contributed by atoms with Crippen LogP contribution in [0.1, 0.15) is 43.4 Å². The Kier molecular flexibility index (Phi) is 7.17. The highest BCUT2D eigenvalue weighted by atomic mass is 16.5. The Balaban J connectivity index is 1.64. The summed E-state index contributed by atoms with van der Waals surface area (Å²) in [6, 6.07) is 2.53. The molecule has 2 atom stereocenters. The van der Waals surface area contributed by atoms with Gasteiger partial charge in [-0.1, -0.05) is 20.3 Å². The lowest BCUT2D eigenvalue weighted by Gasteiger charge is -2.20. The Labute approximate surface area is 185 Å². The van der Waals surface area contributed by atoms with Gasteiger partial charge in [0.25, 0.3) is 5.91 Å². The molecule has 2 aromatic rings. The number of amides is 2. The summed E-state index contributed by atoms with van der Waals surface area (Å²) in [5.74, 6) is -2.03. The van der Waals surface area contributed by atoms with E-state index < -0.39 is 23.8 Å². The molecule has 0 unspecified atom stereocenters. The number of aryl methyl sites for hydroxylation is 2. The van der Waals surface area contributed by atoms with Crippen molar-refractivity contribution < 1.29 is 28.6 Å². The zero-order valence-electron chi connectivity index (χ0n) is 18.4.